The fourth-order valence-electron chi connectivity index (χ4n) is 5.10. The molecule has 1 heterocycles. The molecule has 0 bridgehead atoms. The maximum absolute atomic E-state index is 13.2. The Morgan fingerprint density at radius 3 is 2.31 bits per heavy atom. The van der Waals surface area contributed by atoms with Gasteiger partial charge in [0.15, 0.2) is 0 Å². The molecule has 4 rings (SSSR count). The third-order valence-corrected chi connectivity index (χ3v) is 7.85. The number of benzene rings is 2. The number of hydrogen-bond acceptors (Lipinski definition) is 3. The molecule has 0 spiro atoms. The second-order valence-corrected chi connectivity index (χ2v) is 10.6. The maximum atomic E-state index is 13.2. The van der Waals surface area contributed by atoms with Crippen molar-refractivity contribution in [1.82, 2.24) is 4.90 Å². The first-order chi connectivity index (χ1) is 16.7. The first kappa shape index (κ1) is 26.2. The molecule has 190 valence electrons. The number of hydrogen-bond donors (Lipinski definition) is 1. The second-order valence-electron chi connectivity index (χ2n) is 9.66. The van der Waals surface area contributed by atoms with Gasteiger partial charge in [-0.25, -0.2) is 0 Å². The van der Waals surface area contributed by atoms with Crippen LogP contribution in [0.25, 0.3) is 0 Å². The van der Waals surface area contributed by atoms with Crippen LogP contribution in [0.1, 0.15) is 61.1 Å². The van der Waals surface area contributed by atoms with E-state index in [9.17, 15) is 13.2 Å². The van der Waals surface area contributed by atoms with Gasteiger partial charge in [-0.15, -0.1) is 0 Å². The molecule has 0 unspecified atom stereocenters. The van der Waals surface area contributed by atoms with Gasteiger partial charge in [-0.1, -0.05) is 42.0 Å². The number of ether oxygens (including phenoxy) is 1. The Morgan fingerprint density at radius 1 is 1.03 bits per heavy atom. The molecule has 0 radical (unpaired) electrons. The smallest absolute Gasteiger partial charge is 0.382 e. The van der Waals surface area contributed by atoms with Gasteiger partial charge in [0.05, 0.1) is 18.3 Å². The summed E-state index contributed by atoms with van der Waals surface area (Å²) in [5.41, 5.74) is 1.52. The third-order valence-electron chi connectivity index (χ3n) is 7.22. The lowest BCUT2D eigenvalue weighted by Crippen LogP contribution is -2.40. The number of piperidine rings is 1. The van der Waals surface area contributed by atoms with E-state index in [0.717, 1.165) is 61.6 Å². The number of alkyl halides is 3. The van der Waals surface area contributed by atoms with Crippen molar-refractivity contribution in [2.45, 2.75) is 69.7 Å². The summed E-state index contributed by atoms with van der Waals surface area (Å²) in [6, 6.07) is 12.7. The summed E-state index contributed by atoms with van der Waals surface area (Å²) in [6.07, 6.45) is 1.39. The predicted octanol–water partition coefficient (Wildman–Crippen LogP) is 7.61. The zero-order chi connectivity index (χ0) is 25.0. The highest BCUT2D eigenvalue weighted by Crippen LogP contribution is 2.34. The predicted molar refractivity (Wildman–Crippen MR) is 139 cm³/mol. The number of rotatable bonds is 6. The second kappa shape index (κ2) is 11.5. The largest absolute Gasteiger partial charge is 0.416 e. The molecule has 1 saturated heterocycles. The van der Waals surface area contributed by atoms with Crippen LogP contribution in [0.3, 0.4) is 0 Å². The third kappa shape index (κ3) is 7.11. The minimum absolute atomic E-state index is 0.140. The minimum Gasteiger partial charge on any atom is -0.382 e. The number of aryl methyl sites for hydroxylation is 1. The molecule has 2 aliphatic rings. The van der Waals surface area contributed by atoms with Crippen molar-refractivity contribution < 1.29 is 17.9 Å². The van der Waals surface area contributed by atoms with E-state index in [0.29, 0.717) is 18.2 Å². The van der Waals surface area contributed by atoms with Crippen LogP contribution < -0.4 is 5.32 Å². The van der Waals surface area contributed by atoms with Crippen LogP contribution in [-0.2, 0) is 10.9 Å². The van der Waals surface area contributed by atoms with E-state index in [2.05, 4.69) is 22.3 Å². The maximum Gasteiger partial charge on any atom is 0.416 e. The first-order valence-corrected chi connectivity index (χ1v) is 13.1. The number of likely N-dealkylation sites (tertiary alicyclic amines) is 1. The summed E-state index contributed by atoms with van der Waals surface area (Å²) in [5.74, 6) is 0.538. The van der Waals surface area contributed by atoms with Gasteiger partial charge in [0.25, 0.3) is 0 Å². The van der Waals surface area contributed by atoms with Crippen molar-refractivity contribution in [3.05, 3.63) is 64.2 Å². The summed E-state index contributed by atoms with van der Waals surface area (Å²) in [7, 11) is 0. The average molecular weight is 525 g/mol. The standard InChI is InChI=1S/C27H32ClF3N2OS/c1-18-2-7-23(16-25(18)27(29,30)31)32-22-8-10-24(11-9-22)34-17-26(35)33-14-12-20(13-15-33)19-3-5-21(28)6-4-19/h2-7,16,20,22,24,32H,8-15,17H2,1H3. The van der Waals surface area contributed by atoms with Gasteiger partial charge in [-0.3, -0.25) is 0 Å². The average Bonchev–Trinajstić information content (AvgIpc) is 2.84. The lowest BCUT2D eigenvalue weighted by atomic mass is 9.89. The Kier molecular flexibility index (Phi) is 8.61. The van der Waals surface area contributed by atoms with Gasteiger partial charge in [0.2, 0.25) is 0 Å². The minimum atomic E-state index is -4.34. The monoisotopic (exact) mass is 524 g/mol. The Morgan fingerprint density at radius 2 is 1.69 bits per heavy atom. The zero-order valence-corrected chi connectivity index (χ0v) is 21.5. The number of anilines is 1. The highest BCUT2D eigenvalue weighted by Gasteiger charge is 2.33. The summed E-state index contributed by atoms with van der Waals surface area (Å²) in [6.45, 7) is 3.81. The molecule has 8 heteroatoms. The molecule has 0 atom stereocenters. The SMILES string of the molecule is Cc1ccc(NC2CCC(OCC(=S)N3CCC(c4ccc(Cl)cc4)CC3)CC2)cc1C(F)(F)F. The van der Waals surface area contributed by atoms with Gasteiger partial charge in [0, 0.05) is 29.8 Å². The molecular formula is C27H32ClF3N2OS. The lowest BCUT2D eigenvalue weighted by Gasteiger charge is -2.35. The summed E-state index contributed by atoms with van der Waals surface area (Å²) in [5, 5.41) is 4.05. The molecule has 1 aliphatic carbocycles. The van der Waals surface area contributed by atoms with Gasteiger partial charge in [-0.05, 0) is 86.8 Å². The molecule has 2 aromatic rings. The van der Waals surface area contributed by atoms with Crippen LogP contribution in [-0.4, -0.2) is 41.7 Å². The molecule has 3 nitrogen and oxygen atoms in total. The molecule has 0 aromatic heterocycles. The molecule has 2 fully saturated rings. The molecule has 1 N–H and O–H groups in total. The van der Waals surface area contributed by atoms with E-state index in [1.807, 2.05) is 12.1 Å². The number of nitrogens with one attached hydrogen (secondary N) is 1. The topological polar surface area (TPSA) is 24.5 Å². The zero-order valence-electron chi connectivity index (χ0n) is 19.9. The number of thiocarbonyl (C=S) groups is 1. The van der Waals surface area contributed by atoms with Crippen LogP contribution >= 0.6 is 23.8 Å². The fraction of sp³-hybridized carbons (Fsp3) is 0.519. The van der Waals surface area contributed by atoms with E-state index < -0.39 is 11.7 Å². The van der Waals surface area contributed by atoms with E-state index in [-0.39, 0.29) is 17.7 Å². The van der Waals surface area contributed by atoms with Gasteiger partial charge in [0.1, 0.15) is 4.99 Å². The highest BCUT2D eigenvalue weighted by atomic mass is 35.5. The lowest BCUT2D eigenvalue weighted by molar-refractivity contribution is -0.138. The Hall–Kier alpha value is -1.83. The summed E-state index contributed by atoms with van der Waals surface area (Å²) in [4.78, 5) is 3.11. The van der Waals surface area contributed by atoms with E-state index in [4.69, 9.17) is 28.6 Å². The highest BCUT2D eigenvalue weighted by molar-refractivity contribution is 7.80. The quantitative estimate of drug-likeness (QED) is 0.393. The first-order valence-electron chi connectivity index (χ1n) is 12.3. The number of nitrogens with zero attached hydrogens (tertiary/aromatic N) is 1. The Labute approximate surface area is 216 Å². The van der Waals surface area contributed by atoms with Crippen LogP contribution in [0.4, 0.5) is 18.9 Å². The van der Waals surface area contributed by atoms with Crippen LogP contribution in [0.5, 0.6) is 0 Å². The molecule has 1 saturated carbocycles. The van der Waals surface area contributed by atoms with Crippen LogP contribution in [0.2, 0.25) is 5.02 Å². The molecule has 0 amide bonds. The Balaban J connectivity index is 1.17. The molecular weight excluding hydrogens is 493 g/mol. The van der Waals surface area contributed by atoms with E-state index in [1.54, 1.807) is 6.07 Å². The van der Waals surface area contributed by atoms with Crippen LogP contribution in [0, 0.1) is 6.92 Å². The molecule has 35 heavy (non-hydrogen) atoms. The Bertz CT molecular complexity index is 998. The van der Waals surface area contributed by atoms with Crippen LogP contribution in [0.15, 0.2) is 42.5 Å². The van der Waals surface area contributed by atoms with Crippen molar-refractivity contribution in [2.75, 3.05) is 25.0 Å². The van der Waals surface area contributed by atoms with Crippen molar-refractivity contribution in [1.29, 1.82) is 0 Å². The van der Waals surface area contributed by atoms with Gasteiger partial charge < -0.3 is 15.0 Å². The number of halogens is 4. The summed E-state index contributed by atoms with van der Waals surface area (Å²) < 4.78 is 45.7. The normalized spacial score (nSPS) is 21.7. The van der Waals surface area contributed by atoms with Crippen molar-refractivity contribution >= 4 is 34.5 Å². The fourth-order valence-corrected chi connectivity index (χ4v) is 5.48. The van der Waals surface area contributed by atoms with Gasteiger partial charge in [-0.2, -0.15) is 13.2 Å². The van der Waals surface area contributed by atoms with Gasteiger partial charge >= 0.3 is 6.18 Å². The van der Waals surface area contributed by atoms with Crippen molar-refractivity contribution in [3.8, 4) is 0 Å². The summed E-state index contributed by atoms with van der Waals surface area (Å²) >= 11 is 11.7. The molecule has 1 aliphatic heterocycles. The van der Waals surface area contributed by atoms with Crippen molar-refractivity contribution in [3.63, 3.8) is 0 Å². The van der Waals surface area contributed by atoms with Crippen molar-refractivity contribution in [2.24, 2.45) is 0 Å². The van der Waals surface area contributed by atoms with E-state index >= 15 is 0 Å². The van der Waals surface area contributed by atoms with E-state index in [1.165, 1.54) is 24.6 Å². The molecule has 2 aromatic carbocycles.